The van der Waals surface area contributed by atoms with Crippen molar-refractivity contribution in [3.8, 4) is 11.5 Å². The standard InChI is InChI=1S/C17H20N2O3/c1-13(22-16-9-7-15(20)8-10-16)19-17(21)18-12-11-14-5-3-2-4-6-14/h2-10,13,20H,11-12H2,1H3,(H2,18,19,21). The number of hydrogen-bond acceptors (Lipinski definition) is 3. The van der Waals surface area contributed by atoms with Gasteiger partial charge in [-0.1, -0.05) is 30.3 Å². The Balaban J connectivity index is 1.68. The Morgan fingerprint density at radius 2 is 1.82 bits per heavy atom. The number of urea groups is 1. The molecule has 2 aromatic carbocycles. The highest BCUT2D eigenvalue weighted by Gasteiger charge is 2.07. The number of nitrogens with one attached hydrogen (secondary N) is 2. The summed E-state index contributed by atoms with van der Waals surface area (Å²) in [5, 5.41) is 14.7. The van der Waals surface area contributed by atoms with Crippen LogP contribution in [0.15, 0.2) is 54.6 Å². The lowest BCUT2D eigenvalue weighted by atomic mass is 10.1. The lowest BCUT2D eigenvalue weighted by Gasteiger charge is -2.16. The average molecular weight is 300 g/mol. The molecule has 0 radical (unpaired) electrons. The normalized spacial score (nSPS) is 11.5. The van der Waals surface area contributed by atoms with E-state index in [-0.39, 0.29) is 11.8 Å². The topological polar surface area (TPSA) is 70.6 Å². The Morgan fingerprint density at radius 3 is 2.50 bits per heavy atom. The Hall–Kier alpha value is -2.69. The van der Waals surface area contributed by atoms with E-state index in [1.54, 1.807) is 19.1 Å². The van der Waals surface area contributed by atoms with Crippen molar-refractivity contribution in [1.29, 1.82) is 0 Å². The van der Waals surface area contributed by atoms with E-state index in [1.807, 2.05) is 30.3 Å². The highest BCUT2D eigenvalue weighted by atomic mass is 16.5. The first kappa shape index (κ1) is 15.7. The van der Waals surface area contributed by atoms with Crippen molar-refractivity contribution in [3.05, 3.63) is 60.2 Å². The van der Waals surface area contributed by atoms with E-state index in [0.717, 1.165) is 6.42 Å². The highest BCUT2D eigenvalue weighted by molar-refractivity contribution is 5.74. The fraction of sp³-hybridized carbons (Fsp3) is 0.235. The summed E-state index contributed by atoms with van der Waals surface area (Å²) in [7, 11) is 0. The van der Waals surface area contributed by atoms with Gasteiger partial charge in [-0.25, -0.2) is 4.79 Å². The summed E-state index contributed by atoms with van der Waals surface area (Å²) in [5.74, 6) is 0.751. The van der Waals surface area contributed by atoms with Crippen LogP contribution in [0.25, 0.3) is 0 Å². The molecule has 0 aromatic heterocycles. The van der Waals surface area contributed by atoms with Gasteiger partial charge in [0.15, 0.2) is 6.23 Å². The first-order chi connectivity index (χ1) is 10.6. The third-order valence-corrected chi connectivity index (χ3v) is 3.03. The SMILES string of the molecule is CC(NC(=O)NCCc1ccccc1)Oc1ccc(O)cc1. The molecule has 1 unspecified atom stereocenters. The molecule has 5 heteroatoms. The molecule has 0 spiro atoms. The molecule has 22 heavy (non-hydrogen) atoms. The van der Waals surface area contributed by atoms with E-state index < -0.39 is 6.23 Å². The van der Waals surface area contributed by atoms with Crippen molar-refractivity contribution >= 4 is 6.03 Å². The number of carbonyl (C=O) groups excluding carboxylic acids is 1. The number of aromatic hydroxyl groups is 1. The lowest BCUT2D eigenvalue weighted by molar-refractivity contribution is 0.177. The minimum absolute atomic E-state index is 0.173. The minimum Gasteiger partial charge on any atom is -0.508 e. The zero-order valence-corrected chi connectivity index (χ0v) is 12.5. The van der Waals surface area contributed by atoms with Crippen LogP contribution in [0, 0.1) is 0 Å². The second kappa shape index (κ2) is 7.93. The number of carbonyl (C=O) groups is 1. The van der Waals surface area contributed by atoms with Gasteiger partial charge in [0.1, 0.15) is 11.5 Å². The average Bonchev–Trinajstić information content (AvgIpc) is 2.50. The fourth-order valence-electron chi connectivity index (χ4n) is 1.96. The van der Waals surface area contributed by atoms with Gasteiger partial charge in [-0.2, -0.15) is 0 Å². The molecule has 0 saturated heterocycles. The van der Waals surface area contributed by atoms with Crippen LogP contribution < -0.4 is 15.4 Å². The number of hydrogen-bond donors (Lipinski definition) is 3. The van der Waals surface area contributed by atoms with Crippen molar-refractivity contribution < 1.29 is 14.6 Å². The van der Waals surface area contributed by atoms with Crippen LogP contribution in [-0.4, -0.2) is 23.9 Å². The van der Waals surface area contributed by atoms with E-state index in [0.29, 0.717) is 12.3 Å². The summed E-state index contributed by atoms with van der Waals surface area (Å²) in [4.78, 5) is 11.7. The molecule has 3 N–H and O–H groups in total. The van der Waals surface area contributed by atoms with Crippen molar-refractivity contribution in [2.24, 2.45) is 0 Å². The predicted octanol–water partition coefficient (Wildman–Crippen LogP) is 2.66. The molecule has 0 heterocycles. The fourth-order valence-corrected chi connectivity index (χ4v) is 1.96. The van der Waals surface area contributed by atoms with Crippen molar-refractivity contribution in [3.63, 3.8) is 0 Å². The largest absolute Gasteiger partial charge is 0.508 e. The van der Waals surface area contributed by atoms with Crippen LogP contribution in [0.4, 0.5) is 4.79 Å². The number of phenolic OH excluding ortho intramolecular Hbond substituents is 1. The maximum Gasteiger partial charge on any atom is 0.317 e. The molecule has 0 aliphatic rings. The van der Waals surface area contributed by atoms with E-state index in [1.165, 1.54) is 17.7 Å². The zero-order valence-electron chi connectivity index (χ0n) is 12.5. The summed E-state index contributed by atoms with van der Waals surface area (Å²) in [6, 6.07) is 16.0. The van der Waals surface area contributed by atoms with Crippen LogP contribution in [0.2, 0.25) is 0 Å². The van der Waals surface area contributed by atoms with E-state index in [2.05, 4.69) is 10.6 Å². The third kappa shape index (κ3) is 5.36. The highest BCUT2D eigenvalue weighted by Crippen LogP contribution is 2.16. The number of benzene rings is 2. The van der Waals surface area contributed by atoms with Gasteiger partial charge in [-0.05, 0) is 43.2 Å². The molecular formula is C17H20N2O3. The first-order valence-corrected chi connectivity index (χ1v) is 7.17. The smallest absolute Gasteiger partial charge is 0.317 e. The molecule has 5 nitrogen and oxygen atoms in total. The number of ether oxygens (including phenoxy) is 1. The monoisotopic (exact) mass is 300 g/mol. The Labute approximate surface area is 129 Å². The molecular weight excluding hydrogens is 280 g/mol. The maximum atomic E-state index is 11.7. The summed E-state index contributed by atoms with van der Waals surface area (Å²) in [6.07, 6.45) is 0.308. The van der Waals surface area contributed by atoms with Gasteiger partial charge in [0.2, 0.25) is 0 Å². The zero-order chi connectivity index (χ0) is 15.8. The van der Waals surface area contributed by atoms with Crippen LogP contribution in [0.1, 0.15) is 12.5 Å². The van der Waals surface area contributed by atoms with Gasteiger partial charge in [0.05, 0.1) is 0 Å². The second-order valence-electron chi connectivity index (χ2n) is 4.89. The first-order valence-electron chi connectivity index (χ1n) is 7.17. The van der Waals surface area contributed by atoms with Crippen LogP contribution in [0.3, 0.4) is 0 Å². The maximum absolute atomic E-state index is 11.7. The summed E-state index contributed by atoms with van der Waals surface area (Å²) in [6.45, 7) is 2.30. The van der Waals surface area contributed by atoms with Gasteiger partial charge in [0, 0.05) is 6.54 Å². The molecule has 0 bridgehead atoms. The van der Waals surface area contributed by atoms with Crippen molar-refractivity contribution in [2.45, 2.75) is 19.6 Å². The quantitative estimate of drug-likeness (QED) is 0.718. The summed E-state index contributed by atoms with van der Waals surface area (Å²) >= 11 is 0. The molecule has 1 atom stereocenters. The van der Waals surface area contributed by atoms with E-state index in [4.69, 9.17) is 4.74 Å². The molecule has 2 aromatic rings. The number of amides is 2. The Morgan fingerprint density at radius 1 is 1.14 bits per heavy atom. The summed E-state index contributed by atoms with van der Waals surface area (Å²) < 4.78 is 5.52. The molecule has 2 rings (SSSR count). The second-order valence-corrected chi connectivity index (χ2v) is 4.89. The van der Waals surface area contributed by atoms with Gasteiger partial charge in [0.25, 0.3) is 0 Å². The molecule has 0 aliphatic carbocycles. The predicted molar refractivity (Wildman–Crippen MR) is 84.9 cm³/mol. The molecule has 2 amide bonds. The summed E-state index contributed by atoms with van der Waals surface area (Å²) in [5.41, 5.74) is 1.18. The Kier molecular flexibility index (Phi) is 5.65. The molecule has 116 valence electrons. The lowest BCUT2D eigenvalue weighted by Crippen LogP contribution is -2.43. The molecule has 0 saturated carbocycles. The molecule has 0 fully saturated rings. The van der Waals surface area contributed by atoms with E-state index in [9.17, 15) is 9.90 Å². The van der Waals surface area contributed by atoms with Crippen LogP contribution in [-0.2, 0) is 6.42 Å². The third-order valence-electron chi connectivity index (χ3n) is 3.03. The Bertz CT molecular complexity index is 585. The van der Waals surface area contributed by atoms with Gasteiger partial charge in [-0.3, -0.25) is 0 Å². The minimum atomic E-state index is -0.471. The van der Waals surface area contributed by atoms with Crippen LogP contribution >= 0.6 is 0 Å². The van der Waals surface area contributed by atoms with Crippen molar-refractivity contribution in [2.75, 3.05) is 6.54 Å². The van der Waals surface area contributed by atoms with Crippen molar-refractivity contribution in [1.82, 2.24) is 10.6 Å². The van der Waals surface area contributed by atoms with Gasteiger partial charge < -0.3 is 20.5 Å². The van der Waals surface area contributed by atoms with E-state index >= 15 is 0 Å². The number of phenols is 1. The van der Waals surface area contributed by atoms with Gasteiger partial charge in [-0.15, -0.1) is 0 Å². The number of rotatable bonds is 6. The van der Waals surface area contributed by atoms with Gasteiger partial charge >= 0.3 is 6.03 Å². The molecule has 0 aliphatic heterocycles. The van der Waals surface area contributed by atoms with Crippen LogP contribution in [0.5, 0.6) is 11.5 Å².